The van der Waals surface area contributed by atoms with E-state index in [9.17, 15) is 0 Å². The first kappa shape index (κ1) is 32.4. The molecule has 0 bridgehead atoms. The number of benzene rings is 9. The van der Waals surface area contributed by atoms with Gasteiger partial charge in [0.2, 0.25) is 0 Å². The maximum absolute atomic E-state index is 5.25. The Morgan fingerprint density at radius 1 is 0.393 bits per heavy atom. The van der Waals surface area contributed by atoms with Crippen molar-refractivity contribution in [2.75, 3.05) is 0 Å². The third-order valence-electron chi connectivity index (χ3n) is 12.0. The Bertz CT molecular complexity index is 3130. The molecule has 0 N–H and O–H groups in total. The maximum atomic E-state index is 5.25. The fourth-order valence-corrected chi connectivity index (χ4v) is 9.32. The Morgan fingerprint density at radius 2 is 0.964 bits per heavy atom. The molecule has 264 valence electrons. The molecule has 1 aliphatic carbocycles. The highest BCUT2D eigenvalue weighted by Crippen LogP contribution is 2.53. The molecule has 1 aliphatic rings. The molecule has 2 heteroatoms. The molecular weight excluding hydrogens is 677 g/mol. The molecule has 1 aromatic heterocycles. The first-order valence-electron chi connectivity index (χ1n) is 19.5. The van der Waals surface area contributed by atoms with Crippen molar-refractivity contribution >= 4 is 32.6 Å². The van der Waals surface area contributed by atoms with E-state index in [4.69, 9.17) is 4.98 Å². The summed E-state index contributed by atoms with van der Waals surface area (Å²) in [7, 11) is 0. The van der Waals surface area contributed by atoms with Crippen LogP contribution in [0.5, 0.6) is 0 Å². The lowest BCUT2D eigenvalue weighted by Gasteiger charge is -2.24. The van der Waals surface area contributed by atoms with Gasteiger partial charge in [-0.25, -0.2) is 4.98 Å². The standard InChI is InChI=1S/C54H38N2/c1-54(2)47-25-12-11-22-41(47)44-33-45-46(34-48(44)54)51(37-30-28-36(29-31-37)35-16-5-3-6-17-35)42-23-9-10-24-43(42)52(45)38-18-15-19-39(32-38)53-55-49-26-13-14-27-50(49)56(53)40-20-7-4-8-21-40/h3-34H,1-2H3. The lowest BCUT2D eigenvalue weighted by atomic mass is 9.79. The number of aromatic nitrogens is 2. The molecule has 56 heavy (non-hydrogen) atoms. The monoisotopic (exact) mass is 714 g/mol. The van der Waals surface area contributed by atoms with Crippen LogP contribution in [0.2, 0.25) is 0 Å². The predicted octanol–water partition coefficient (Wildman–Crippen LogP) is 14.3. The maximum Gasteiger partial charge on any atom is 0.145 e. The van der Waals surface area contributed by atoms with Gasteiger partial charge >= 0.3 is 0 Å². The van der Waals surface area contributed by atoms with Crippen molar-refractivity contribution < 1.29 is 0 Å². The van der Waals surface area contributed by atoms with Gasteiger partial charge in [-0.15, -0.1) is 0 Å². The molecule has 10 aromatic rings. The summed E-state index contributed by atoms with van der Waals surface area (Å²) in [6.07, 6.45) is 0. The second-order valence-electron chi connectivity index (χ2n) is 15.5. The minimum atomic E-state index is -0.128. The average molecular weight is 715 g/mol. The van der Waals surface area contributed by atoms with E-state index in [1.807, 2.05) is 0 Å². The summed E-state index contributed by atoms with van der Waals surface area (Å²) in [5, 5.41) is 5.01. The van der Waals surface area contributed by atoms with Crippen LogP contribution in [0, 0.1) is 0 Å². The molecule has 0 unspecified atom stereocenters. The SMILES string of the molecule is CC1(C)c2ccccc2-c2cc3c(-c4cccc(-c5nc6ccccc6n5-c5ccccc5)c4)c4ccccc4c(-c4ccc(-c5ccccc5)cc4)c3cc21. The first-order chi connectivity index (χ1) is 27.5. The summed E-state index contributed by atoms with van der Waals surface area (Å²) >= 11 is 0. The van der Waals surface area contributed by atoms with Gasteiger partial charge in [-0.2, -0.15) is 0 Å². The zero-order valence-electron chi connectivity index (χ0n) is 31.4. The number of para-hydroxylation sites is 3. The minimum Gasteiger partial charge on any atom is -0.292 e. The number of imidazole rings is 1. The number of rotatable bonds is 5. The molecule has 0 saturated carbocycles. The van der Waals surface area contributed by atoms with Crippen LogP contribution in [0.1, 0.15) is 25.0 Å². The first-order valence-corrected chi connectivity index (χ1v) is 19.5. The van der Waals surface area contributed by atoms with E-state index in [0.717, 1.165) is 28.1 Å². The summed E-state index contributed by atoms with van der Waals surface area (Å²) in [4.78, 5) is 5.25. The van der Waals surface area contributed by atoms with Gasteiger partial charge in [0, 0.05) is 16.7 Å². The van der Waals surface area contributed by atoms with E-state index in [2.05, 4.69) is 213 Å². The van der Waals surface area contributed by atoms with Crippen LogP contribution in [0.3, 0.4) is 0 Å². The van der Waals surface area contributed by atoms with Gasteiger partial charge in [0.05, 0.1) is 11.0 Å². The summed E-state index contributed by atoms with van der Waals surface area (Å²) in [6, 6.07) is 70.8. The number of hydrogen-bond acceptors (Lipinski definition) is 1. The molecular formula is C54H38N2. The largest absolute Gasteiger partial charge is 0.292 e. The normalized spacial score (nSPS) is 13.0. The van der Waals surface area contributed by atoms with Gasteiger partial charge in [0.25, 0.3) is 0 Å². The molecule has 0 atom stereocenters. The lowest BCUT2D eigenvalue weighted by Crippen LogP contribution is -2.14. The zero-order valence-corrected chi connectivity index (χ0v) is 31.4. The smallest absolute Gasteiger partial charge is 0.145 e. The Labute approximate surface area is 327 Å². The highest BCUT2D eigenvalue weighted by Gasteiger charge is 2.36. The van der Waals surface area contributed by atoms with E-state index in [1.54, 1.807) is 0 Å². The summed E-state index contributed by atoms with van der Waals surface area (Å²) in [5.41, 5.74) is 16.9. The van der Waals surface area contributed by atoms with Crippen LogP contribution in [-0.4, -0.2) is 9.55 Å². The van der Waals surface area contributed by atoms with Gasteiger partial charge in [-0.3, -0.25) is 4.57 Å². The summed E-state index contributed by atoms with van der Waals surface area (Å²) < 4.78 is 2.29. The van der Waals surface area contributed by atoms with Crippen molar-refractivity contribution in [1.29, 1.82) is 0 Å². The fraction of sp³-hybridized carbons (Fsp3) is 0.0556. The highest BCUT2D eigenvalue weighted by molar-refractivity contribution is 6.22. The van der Waals surface area contributed by atoms with E-state index >= 15 is 0 Å². The molecule has 0 fully saturated rings. The molecule has 0 radical (unpaired) electrons. The van der Waals surface area contributed by atoms with Crippen molar-refractivity contribution in [1.82, 2.24) is 9.55 Å². The predicted molar refractivity (Wildman–Crippen MR) is 235 cm³/mol. The quantitative estimate of drug-likeness (QED) is 0.162. The second-order valence-corrected chi connectivity index (χ2v) is 15.5. The van der Waals surface area contributed by atoms with Crippen LogP contribution in [-0.2, 0) is 5.41 Å². The molecule has 0 saturated heterocycles. The molecule has 11 rings (SSSR count). The Balaban J connectivity index is 1.20. The molecule has 2 nitrogen and oxygen atoms in total. The molecule has 0 amide bonds. The lowest BCUT2D eigenvalue weighted by molar-refractivity contribution is 0.661. The van der Waals surface area contributed by atoms with Gasteiger partial charge in [-0.05, 0) is 120 Å². The Kier molecular flexibility index (Phi) is 7.24. The Morgan fingerprint density at radius 3 is 1.75 bits per heavy atom. The van der Waals surface area contributed by atoms with Crippen molar-refractivity contribution in [2.24, 2.45) is 0 Å². The Hall–Kier alpha value is -7.03. The van der Waals surface area contributed by atoms with Gasteiger partial charge in [0.15, 0.2) is 0 Å². The van der Waals surface area contributed by atoms with Gasteiger partial charge in [-0.1, -0.05) is 166 Å². The van der Waals surface area contributed by atoms with E-state index in [-0.39, 0.29) is 5.41 Å². The van der Waals surface area contributed by atoms with Crippen molar-refractivity contribution in [3.63, 3.8) is 0 Å². The third-order valence-corrected chi connectivity index (χ3v) is 12.0. The van der Waals surface area contributed by atoms with Crippen LogP contribution >= 0.6 is 0 Å². The molecule has 9 aromatic carbocycles. The van der Waals surface area contributed by atoms with E-state index in [0.29, 0.717) is 0 Å². The third kappa shape index (κ3) is 4.92. The van der Waals surface area contributed by atoms with Crippen molar-refractivity contribution in [3.8, 4) is 61.6 Å². The van der Waals surface area contributed by atoms with Crippen molar-refractivity contribution in [2.45, 2.75) is 19.3 Å². The van der Waals surface area contributed by atoms with E-state index < -0.39 is 0 Å². The highest BCUT2D eigenvalue weighted by atomic mass is 15.1. The van der Waals surface area contributed by atoms with Crippen LogP contribution in [0.15, 0.2) is 194 Å². The van der Waals surface area contributed by atoms with Crippen LogP contribution in [0.4, 0.5) is 0 Å². The van der Waals surface area contributed by atoms with Gasteiger partial charge < -0.3 is 0 Å². The number of hydrogen-bond donors (Lipinski definition) is 0. The number of nitrogens with zero attached hydrogens (tertiary/aromatic N) is 2. The zero-order chi connectivity index (χ0) is 37.4. The van der Waals surface area contributed by atoms with E-state index in [1.165, 1.54) is 77.2 Å². The van der Waals surface area contributed by atoms with Crippen LogP contribution < -0.4 is 0 Å². The minimum absolute atomic E-state index is 0.128. The van der Waals surface area contributed by atoms with Crippen LogP contribution in [0.25, 0.3) is 94.2 Å². The van der Waals surface area contributed by atoms with Crippen molar-refractivity contribution in [3.05, 3.63) is 205 Å². The molecule has 0 aliphatic heterocycles. The summed E-state index contributed by atoms with van der Waals surface area (Å²) in [6.45, 7) is 4.75. The topological polar surface area (TPSA) is 17.8 Å². The summed E-state index contributed by atoms with van der Waals surface area (Å²) in [5.74, 6) is 0.930. The van der Waals surface area contributed by atoms with Gasteiger partial charge in [0.1, 0.15) is 5.82 Å². The molecule has 0 spiro atoms. The average Bonchev–Trinajstić information content (AvgIpc) is 3.75. The number of fused-ring (bicyclic) bond motifs is 6. The fourth-order valence-electron chi connectivity index (χ4n) is 9.32. The second kappa shape index (κ2) is 12.5. The molecule has 1 heterocycles.